The Morgan fingerprint density at radius 3 is 2.56 bits per heavy atom. The smallest absolute Gasteiger partial charge is 0.319 e. The van der Waals surface area contributed by atoms with E-state index in [2.05, 4.69) is 10.6 Å². The summed E-state index contributed by atoms with van der Waals surface area (Å²) in [5.41, 5.74) is 1.15. The highest BCUT2D eigenvalue weighted by atomic mass is 35.5. The lowest BCUT2D eigenvalue weighted by Gasteiger charge is -2.18. The predicted molar refractivity (Wildman–Crippen MR) is 91.2 cm³/mol. The summed E-state index contributed by atoms with van der Waals surface area (Å²) in [6.07, 6.45) is -0.270. The normalized spacial score (nSPS) is 13.2. The molecule has 1 aliphatic heterocycles. The average Bonchev–Trinajstić information content (AvgIpc) is 3.03. The molecule has 0 spiro atoms. The molecule has 1 heterocycles. The van der Waals surface area contributed by atoms with Gasteiger partial charge in [-0.2, -0.15) is 0 Å². The molecule has 0 aliphatic carbocycles. The van der Waals surface area contributed by atoms with Gasteiger partial charge in [-0.15, -0.1) is 0 Å². The van der Waals surface area contributed by atoms with E-state index in [1.165, 1.54) is 0 Å². The van der Waals surface area contributed by atoms with Gasteiger partial charge in [-0.3, -0.25) is 4.79 Å². The lowest BCUT2D eigenvalue weighted by molar-refractivity contribution is -0.137. The number of hydrogen-bond donors (Lipinski definition) is 3. The van der Waals surface area contributed by atoms with E-state index in [0.717, 1.165) is 0 Å². The van der Waals surface area contributed by atoms with E-state index in [9.17, 15) is 9.59 Å². The lowest BCUT2D eigenvalue weighted by atomic mass is 10.0. The number of aliphatic carboxylic acids is 1. The van der Waals surface area contributed by atoms with Gasteiger partial charge in [0.25, 0.3) is 0 Å². The Morgan fingerprint density at radius 1 is 1.12 bits per heavy atom. The Bertz CT molecular complexity index is 794. The van der Waals surface area contributed by atoms with Crippen LogP contribution in [-0.2, 0) is 4.79 Å². The summed E-state index contributed by atoms with van der Waals surface area (Å²) >= 11 is 5.80. The van der Waals surface area contributed by atoms with Crippen molar-refractivity contribution in [2.75, 3.05) is 12.1 Å². The number of hydrogen-bond acceptors (Lipinski definition) is 4. The molecule has 3 rings (SSSR count). The van der Waals surface area contributed by atoms with E-state index >= 15 is 0 Å². The third-order valence-corrected chi connectivity index (χ3v) is 3.84. The minimum Gasteiger partial charge on any atom is -0.481 e. The fraction of sp³-hybridized carbons (Fsp3) is 0.176. The van der Waals surface area contributed by atoms with Crippen LogP contribution in [0.15, 0.2) is 42.5 Å². The molecule has 0 bridgehead atoms. The van der Waals surface area contributed by atoms with Crippen LogP contribution >= 0.6 is 11.6 Å². The average molecular weight is 363 g/mol. The zero-order chi connectivity index (χ0) is 17.8. The number of urea groups is 1. The highest BCUT2D eigenvalue weighted by Gasteiger charge is 2.21. The molecule has 0 saturated heterocycles. The molecule has 0 radical (unpaired) electrons. The number of carboxylic acids is 1. The summed E-state index contributed by atoms with van der Waals surface area (Å²) < 4.78 is 10.5. The van der Waals surface area contributed by atoms with Crippen molar-refractivity contribution in [3.8, 4) is 11.5 Å². The first-order chi connectivity index (χ1) is 12.0. The van der Waals surface area contributed by atoms with Crippen molar-refractivity contribution in [2.45, 2.75) is 12.5 Å². The van der Waals surface area contributed by atoms with Crippen LogP contribution in [0.1, 0.15) is 18.0 Å². The van der Waals surface area contributed by atoms with E-state index in [1.54, 1.807) is 42.5 Å². The van der Waals surface area contributed by atoms with Crippen molar-refractivity contribution in [1.82, 2.24) is 5.32 Å². The summed E-state index contributed by atoms with van der Waals surface area (Å²) in [4.78, 5) is 23.3. The maximum Gasteiger partial charge on any atom is 0.319 e. The second-order valence-electron chi connectivity index (χ2n) is 5.37. The van der Waals surface area contributed by atoms with Crippen LogP contribution < -0.4 is 20.1 Å². The fourth-order valence-electron chi connectivity index (χ4n) is 2.42. The van der Waals surface area contributed by atoms with E-state index in [0.29, 0.717) is 27.8 Å². The van der Waals surface area contributed by atoms with E-state index in [1.807, 2.05) is 0 Å². The first kappa shape index (κ1) is 16.9. The summed E-state index contributed by atoms with van der Waals surface area (Å²) in [7, 11) is 0. The van der Waals surface area contributed by atoms with Gasteiger partial charge in [0.15, 0.2) is 11.5 Å². The Morgan fingerprint density at radius 2 is 1.84 bits per heavy atom. The maximum absolute atomic E-state index is 12.2. The number of carboxylic acid groups (broad SMARTS) is 1. The molecule has 0 aromatic heterocycles. The molecule has 8 heteroatoms. The van der Waals surface area contributed by atoms with Crippen molar-refractivity contribution in [2.24, 2.45) is 0 Å². The molecule has 3 N–H and O–H groups in total. The van der Waals surface area contributed by atoms with Crippen molar-refractivity contribution in [3.05, 3.63) is 53.1 Å². The number of halogens is 1. The van der Waals surface area contributed by atoms with E-state index in [4.69, 9.17) is 26.2 Å². The number of carbonyl (C=O) groups excluding carboxylic acids is 1. The summed E-state index contributed by atoms with van der Waals surface area (Å²) in [5, 5.41) is 15.0. The monoisotopic (exact) mass is 362 g/mol. The second kappa shape index (κ2) is 7.31. The Kier molecular flexibility index (Phi) is 4.95. The van der Waals surface area contributed by atoms with Crippen molar-refractivity contribution in [1.29, 1.82) is 0 Å². The van der Waals surface area contributed by atoms with Crippen LogP contribution in [0.25, 0.3) is 0 Å². The Labute approximate surface area is 148 Å². The van der Waals surface area contributed by atoms with Crippen LogP contribution in [0.3, 0.4) is 0 Å². The van der Waals surface area contributed by atoms with Crippen LogP contribution in [0, 0.1) is 0 Å². The number of carbonyl (C=O) groups is 2. The molecule has 2 aromatic rings. The number of ether oxygens (including phenoxy) is 2. The van der Waals surface area contributed by atoms with Crippen LogP contribution in [-0.4, -0.2) is 23.9 Å². The summed E-state index contributed by atoms with van der Waals surface area (Å²) in [5.74, 6) is 0.0747. The first-order valence-electron chi connectivity index (χ1n) is 7.45. The van der Waals surface area contributed by atoms with Gasteiger partial charge in [0.1, 0.15) is 0 Å². The third-order valence-electron chi connectivity index (χ3n) is 3.59. The van der Waals surface area contributed by atoms with Gasteiger partial charge in [0, 0.05) is 10.7 Å². The first-order valence-corrected chi connectivity index (χ1v) is 7.83. The summed E-state index contributed by atoms with van der Waals surface area (Å²) in [6, 6.07) is 10.4. The highest BCUT2D eigenvalue weighted by molar-refractivity contribution is 6.30. The van der Waals surface area contributed by atoms with Crippen molar-refractivity contribution < 1.29 is 24.2 Å². The molecule has 25 heavy (non-hydrogen) atoms. The molecular weight excluding hydrogens is 348 g/mol. The maximum atomic E-state index is 12.2. The third kappa shape index (κ3) is 4.33. The zero-order valence-corrected chi connectivity index (χ0v) is 13.7. The molecule has 2 aromatic carbocycles. The molecule has 1 aliphatic rings. The van der Waals surface area contributed by atoms with Gasteiger partial charge in [0.2, 0.25) is 6.79 Å². The highest BCUT2D eigenvalue weighted by Crippen LogP contribution is 2.34. The summed E-state index contributed by atoms with van der Waals surface area (Å²) in [6.45, 7) is 0.118. The largest absolute Gasteiger partial charge is 0.481 e. The van der Waals surface area contributed by atoms with Crippen LogP contribution in [0.2, 0.25) is 5.02 Å². The van der Waals surface area contributed by atoms with E-state index < -0.39 is 18.0 Å². The van der Waals surface area contributed by atoms with Gasteiger partial charge < -0.3 is 25.2 Å². The SMILES string of the molecule is O=C(O)CC(NC(=O)Nc1ccc(Cl)cc1)c1ccc2c(c1)OCO2. The zero-order valence-electron chi connectivity index (χ0n) is 13.0. The minimum atomic E-state index is -1.03. The molecule has 1 unspecified atom stereocenters. The molecule has 0 saturated carbocycles. The number of benzene rings is 2. The Balaban J connectivity index is 1.73. The molecule has 2 amide bonds. The van der Waals surface area contributed by atoms with Crippen LogP contribution in [0.5, 0.6) is 11.5 Å². The second-order valence-corrected chi connectivity index (χ2v) is 5.80. The minimum absolute atomic E-state index is 0.118. The standard InChI is InChI=1S/C17H15ClN2O5/c18-11-2-4-12(5-3-11)19-17(23)20-13(8-16(21)22)10-1-6-14-15(7-10)25-9-24-14/h1-7,13H,8-9H2,(H,21,22)(H2,19,20,23). The van der Waals surface area contributed by atoms with Crippen molar-refractivity contribution in [3.63, 3.8) is 0 Å². The van der Waals surface area contributed by atoms with Gasteiger partial charge in [-0.05, 0) is 42.0 Å². The fourth-order valence-corrected chi connectivity index (χ4v) is 2.54. The van der Waals surface area contributed by atoms with Crippen molar-refractivity contribution >= 4 is 29.3 Å². The van der Waals surface area contributed by atoms with E-state index in [-0.39, 0.29) is 13.2 Å². The van der Waals surface area contributed by atoms with Gasteiger partial charge in [-0.1, -0.05) is 17.7 Å². The predicted octanol–water partition coefficient (Wildman–Crippen LogP) is 3.41. The molecule has 0 fully saturated rings. The number of amides is 2. The number of nitrogens with one attached hydrogen (secondary N) is 2. The molecule has 7 nitrogen and oxygen atoms in total. The molecule has 130 valence electrons. The topological polar surface area (TPSA) is 96.9 Å². The quantitative estimate of drug-likeness (QED) is 0.757. The Hall–Kier alpha value is -2.93. The number of fused-ring (bicyclic) bond motifs is 1. The molecular formula is C17H15ClN2O5. The van der Waals surface area contributed by atoms with Gasteiger partial charge in [0.05, 0.1) is 12.5 Å². The van der Waals surface area contributed by atoms with Crippen LogP contribution in [0.4, 0.5) is 10.5 Å². The number of rotatable bonds is 5. The molecule has 1 atom stereocenters. The number of anilines is 1. The van der Waals surface area contributed by atoms with Gasteiger partial charge in [-0.25, -0.2) is 4.79 Å². The van der Waals surface area contributed by atoms with Gasteiger partial charge >= 0.3 is 12.0 Å². The lowest BCUT2D eigenvalue weighted by Crippen LogP contribution is -2.33.